The van der Waals surface area contributed by atoms with Gasteiger partial charge in [-0.2, -0.15) is 0 Å². The first-order valence-electron chi connectivity index (χ1n) is 7.16. The lowest BCUT2D eigenvalue weighted by molar-refractivity contribution is 0.281. The molecule has 3 nitrogen and oxygen atoms in total. The van der Waals surface area contributed by atoms with E-state index >= 15 is 0 Å². The van der Waals surface area contributed by atoms with Crippen molar-refractivity contribution in [1.29, 1.82) is 0 Å². The number of nitrogens with zero attached hydrogens (tertiary/aromatic N) is 2. The lowest BCUT2D eigenvalue weighted by atomic mass is 10.1. The molecule has 0 saturated heterocycles. The molecule has 20 heavy (non-hydrogen) atoms. The second-order valence-corrected chi connectivity index (χ2v) is 4.84. The number of rotatable bonds is 6. The van der Waals surface area contributed by atoms with Crippen molar-refractivity contribution < 1.29 is 5.11 Å². The van der Waals surface area contributed by atoms with Crippen LogP contribution in [0.1, 0.15) is 30.7 Å². The van der Waals surface area contributed by atoms with Gasteiger partial charge < -0.3 is 10.0 Å². The summed E-state index contributed by atoms with van der Waals surface area (Å²) < 4.78 is 0. The first-order chi connectivity index (χ1) is 9.76. The van der Waals surface area contributed by atoms with Crippen molar-refractivity contribution in [3.63, 3.8) is 0 Å². The molecule has 1 heterocycles. The van der Waals surface area contributed by atoms with Crippen LogP contribution in [0.3, 0.4) is 0 Å². The van der Waals surface area contributed by atoms with Crippen LogP contribution in [0.4, 0.5) is 5.82 Å². The van der Waals surface area contributed by atoms with Crippen molar-refractivity contribution in [2.24, 2.45) is 0 Å². The molecule has 0 fully saturated rings. The maximum absolute atomic E-state index is 9.38. The molecule has 106 valence electrons. The second-order valence-electron chi connectivity index (χ2n) is 4.84. The van der Waals surface area contributed by atoms with Gasteiger partial charge in [0.1, 0.15) is 5.82 Å². The molecule has 0 saturated carbocycles. The van der Waals surface area contributed by atoms with Crippen LogP contribution in [-0.2, 0) is 19.6 Å². The smallest absolute Gasteiger partial charge is 0.129 e. The van der Waals surface area contributed by atoms with Crippen LogP contribution in [0.5, 0.6) is 0 Å². The molecule has 1 N–H and O–H groups in total. The Kier molecular flexibility index (Phi) is 5.13. The average molecular weight is 270 g/mol. The van der Waals surface area contributed by atoms with Crippen LogP contribution < -0.4 is 4.90 Å². The topological polar surface area (TPSA) is 36.4 Å². The molecule has 2 aromatic rings. The van der Waals surface area contributed by atoms with E-state index in [1.54, 1.807) is 0 Å². The van der Waals surface area contributed by atoms with E-state index < -0.39 is 0 Å². The normalized spacial score (nSPS) is 10.6. The van der Waals surface area contributed by atoms with E-state index in [-0.39, 0.29) is 6.61 Å². The third kappa shape index (κ3) is 3.58. The molecule has 0 radical (unpaired) electrons. The van der Waals surface area contributed by atoms with Crippen LogP contribution >= 0.6 is 0 Å². The summed E-state index contributed by atoms with van der Waals surface area (Å²) in [6.45, 7) is 6.00. The van der Waals surface area contributed by atoms with Crippen LogP contribution in [0.2, 0.25) is 0 Å². The summed E-state index contributed by atoms with van der Waals surface area (Å²) in [5, 5.41) is 9.38. The van der Waals surface area contributed by atoms with Crippen molar-refractivity contribution in [2.75, 3.05) is 11.4 Å². The van der Waals surface area contributed by atoms with Gasteiger partial charge in [-0.25, -0.2) is 4.98 Å². The van der Waals surface area contributed by atoms with E-state index in [1.807, 2.05) is 18.2 Å². The zero-order chi connectivity index (χ0) is 14.4. The minimum atomic E-state index is 0.0609. The lowest BCUT2D eigenvalue weighted by Gasteiger charge is -2.23. The molecule has 0 aliphatic carbocycles. The van der Waals surface area contributed by atoms with Gasteiger partial charge in [0, 0.05) is 18.8 Å². The van der Waals surface area contributed by atoms with Crippen LogP contribution in [-0.4, -0.2) is 16.6 Å². The fourth-order valence-electron chi connectivity index (χ4n) is 2.23. The van der Waals surface area contributed by atoms with E-state index in [0.717, 1.165) is 36.6 Å². The maximum Gasteiger partial charge on any atom is 0.129 e. The molecule has 0 aliphatic heterocycles. The lowest BCUT2D eigenvalue weighted by Crippen LogP contribution is -2.23. The fraction of sp³-hybridized carbons (Fsp3) is 0.353. The van der Waals surface area contributed by atoms with Gasteiger partial charge >= 0.3 is 0 Å². The summed E-state index contributed by atoms with van der Waals surface area (Å²) in [5.41, 5.74) is 3.22. The molecule has 0 bridgehead atoms. The highest BCUT2D eigenvalue weighted by atomic mass is 16.3. The van der Waals surface area contributed by atoms with Crippen LogP contribution in [0, 0.1) is 0 Å². The summed E-state index contributed by atoms with van der Waals surface area (Å²) in [6, 6.07) is 14.3. The summed E-state index contributed by atoms with van der Waals surface area (Å²) in [4.78, 5) is 6.91. The predicted octanol–water partition coefficient (Wildman–Crippen LogP) is 3.16. The molecular weight excluding hydrogens is 248 g/mol. The zero-order valence-electron chi connectivity index (χ0n) is 12.2. The van der Waals surface area contributed by atoms with Gasteiger partial charge in [-0.05, 0) is 36.6 Å². The largest absolute Gasteiger partial charge is 0.392 e. The van der Waals surface area contributed by atoms with Crippen molar-refractivity contribution in [1.82, 2.24) is 4.98 Å². The van der Waals surface area contributed by atoms with Gasteiger partial charge in [0.05, 0.1) is 6.61 Å². The first-order valence-corrected chi connectivity index (χ1v) is 7.16. The third-order valence-corrected chi connectivity index (χ3v) is 3.39. The molecule has 0 spiro atoms. The highest BCUT2D eigenvalue weighted by molar-refractivity contribution is 5.43. The van der Waals surface area contributed by atoms with Crippen molar-refractivity contribution in [3.8, 4) is 0 Å². The number of anilines is 1. The number of aromatic nitrogens is 1. The number of pyridine rings is 1. The van der Waals surface area contributed by atoms with Gasteiger partial charge in [-0.15, -0.1) is 0 Å². The molecular formula is C17H22N2O. The SMILES string of the molecule is CCc1cc(CO)cc(N(CC)Cc2ccccc2)n1. The summed E-state index contributed by atoms with van der Waals surface area (Å²) in [6.07, 6.45) is 0.879. The Morgan fingerprint density at radius 3 is 2.40 bits per heavy atom. The number of aryl methyl sites for hydroxylation is 1. The Morgan fingerprint density at radius 1 is 1.05 bits per heavy atom. The minimum Gasteiger partial charge on any atom is -0.392 e. The number of aliphatic hydroxyl groups excluding tert-OH is 1. The predicted molar refractivity (Wildman–Crippen MR) is 82.7 cm³/mol. The molecule has 0 unspecified atom stereocenters. The number of hydrogen-bond acceptors (Lipinski definition) is 3. The quantitative estimate of drug-likeness (QED) is 0.876. The standard InChI is InChI=1S/C17H22N2O/c1-3-16-10-15(13-20)11-17(18-16)19(4-2)12-14-8-6-5-7-9-14/h5-11,20H,3-4,12-13H2,1-2H3. The Labute approximate surface area is 120 Å². The number of hydrogen-bond donors (Lipinski definition) is 1. The van der Waals surface area contributed by atoms with Crippen molar-refractivity contribution >= 4 is 5.82 Å². The number of aliphatic hydroxyl groups is 1. The minimum absolute atomic E-state index is 0.0609. The third-order valence-electron chi connectivity index (χ3n) is 3.39. The van der Waals surface area contributed by atoms with E-state index in [4.69, 9.17) is 0 Å². The summed E-state index contributed by atoms with van der Waals surface area (Å²) in [5.74, 6) is 0.944. The molecule has 0 amide bonds. The summed E-state index contributed by atoms with van der Waals surface area (Å²) in [7, 11) is 0. The molecule has 1 aromatic carbocycles. The Hall–Kier alpha value is -1.87. The highest BCUT2D eigenvalue weighted by Crippen LogP contribution is 2.18. The fourth-order valence-corrected chi connectivity index (χ4v) is 2.23. The molecule has 1 aromatic heterocycles. The van der Waals surface area contributed by atoms with Gasteiger partial charge in [0.15, 0.2) is 0 Å². The van der Waals surface area contributed by atoms with Crippen molar-refractivity contribution in [2.45, 2.75) is 33.4 Å². The van der Waals surface area contributed by atoms with Gasteiger partial charge in [-0.3, -0.25) is 0 Å². The monoisotopic (exact) mass is 270 g/mol. The average Bonchev–Trinajstić information content (AvgIpc) is 2.53. The van der Waals surface area contributed by atoms with E-state index in [9.17, 15) is 5.11 Å². The van der Waals surface area contributed by atoms with E-state index in [2.05, 4.69) is 48.0 Å². The zero-order valence-corrected chi connectivity index (χ0v) is 12.2. The Morgan fingerprint density at radius 2 is 1.80 bits per heavy atom. The second kappa shape index (κ2) is 7.06. The van der Waals surface area contributed by atoms with Gasteiger partial charge in [0.2, 0.25) is 0 Å². The molecule has 0 aliphatic rings. The van der Waals surface area contributed by atoms with Gasteiger partial charge in [0.25, 0.3) is 0 Å². The van der Waals surface area contributed by atoms with Crippen molar-refractivity contribution in [3.05, 3.63) is 59.3 Å². The Balaban J connectivity index is 2.26. The van der Waals surface area contributed by atoms with Crippen LogP contribution in [0.25, 0.3) is 0 Å². The maximum atomic E-state index is 9.38. The van der Waals surface area contributed by atoms with E-state index in [0.29, 0.717) is 0 Å². The van der Waals surface area contributed by atoms with Gasteiger partial charge in [-0.1, -0.05) is 37.3 Å². The van der Waals surface area contributed by atoms with E-state index in [1.165, 1.54) is 5.56 Å². The van der Waals surface area contributed by atoms with Crippen LogP contribution in [0.15, 0.2) is 42.5 Å². The molecule has 3 heteroatoms. The first kappa shape index (κ1) is 14.5. The number of benzene rings is 1. The summed E-state index contributed by atoms with van der Waals surface area (Å²) >= 11 is 0. The molecule has 0 atom stereocenters. The Bertz CT molecular complexity index is 518. The highest BCUT2D eigenvalue weighted by Gasteiger charge is 2.09. The molecule has 2 rings (SSSR count).